The van der Waals surface area contributed by atoms with Crippen LogP contribution in [0, 0.1) is 24.6 Å². The Hall–Kier alpha value is -2.78. The van der Waals surface area contributed by atoms with E-state index in [4.69, 9.17) is 17.3 Å². The number of hydrogen-bond donors (Lipinski definition) is 3. The van der Waals surface area contributed by atoms with Crippen molar-refractivity contribution in [1.29, 1.82) is 0 Å². The molecule has 7 heteroatoms. The fraction of sp³-hybridized carbons (Fsp3) is 0.300. The Morgan fingerprint density at radius 1 is 1.44 bits per heavy atom. The third-order valence-electron chi connectivity index (χ3n) is 4.65. The van der Waals surface area contributed by atoms with Crippen LogP contribution in [0.1, 0.15) is 47.8 Å². The molecule has 1 aliphatic rings. The largest absolute Gasteiger partial charge is 0.366 e. The number of nitrogens with one attached hydrogen (secondary N) is 2. The number of carbonyl (C=O) groups is 2. The molecule has 1 atom stereocenters. The van der Waals surface area contributed by atoms with Gasteiger partial charge in [-0.3, -0.25) is 9.59 Å². The van der Waals surface area contributed by atoms with Gasteiger partial charge in [0, 0.05) is 22.7 Å². The number of fused-ring (bicyclic) bond motifs is 1. The van der Waals surface area contributed by atoms with Crippen LogP contribution in [0.4, 0.5) is 4.39 Å². The van der Waals surface area contributed by atoms with E-state index in [9.17, 15) is 14.0 Å². The molecule has 1 aromatic heterocycles. The second-order valence-electron chi connectivity index (χ2n) is 6.50. The van der Waals surface area contributed by atoms with Crippen LogP contribution >= 0.6 is 11.6 Å². The van der Waals surface area contributed by atoms with E-state index in [1.807, 2.05) is 6.08 Å². The fourth-order valence-electron chi connectivity index (χ4n) is 3.50. The highest BCUT2D eigenvalue weighted by molar-refractivity contribution is 6.37. The molecule has 0 spiro atoms. The molecule has 1 heterocycles. The van der Waals surface area contributed by atoms with E-state index in [0.717, 1.165) is 24.5 Å². The van der Waals surface area contributed by atoms with Crippen molar-refractivity contribution >= 4 is 39.9 Å². The Kier molecular flexibility index (Phi) is 5.24. The number of aryl methyl sites for hydroxylation is 1. The van der Waals surface area contributed by atoms with Crippen molar-refractivity contribution in [2.75, 3.05) is 0 Å². The molecule has 4 N–H and O–H groups in total. The lowest BCUT2D eigenvalue weighted by molar-refractivity contribution is -0.116. The molecule has 0 saturated heterocycles. The second-order valence-corrected chi connectivity index (χ2v) is 6.88. The molecule has 0 fully saturated rings. The van der Waals surface area contributed by atoms with Gasteiger partial charge in [0.2, 0.25) is 0 Å². The van der Waals surface area contributed by atoms with Gasteiger partial charge in [-0.25, -0.2) is 4.39 Å². The van der Waals surface area contributed by atoms with Gasteiger partial charge in [0.1, 0.15) is 5.82 Å². The van der Waals surface area contributed by atoms with Crippen LogP contribution in [0.5, 0.6) is 0 Å². The number of amides is 2. The van der Waals surface area contributed by atoms with Gasteiger partial charge in [-0.05, 0) is 50.7 Å². The van der Waals surface area contributed by atoms with E-state index < -0.39 is 11.7 Å². The van der Waals surface area contributed by atoms with Gasteiger partial charge in [0.25, 0.3) is 11.8 Å². The Morgan fingerprint density at radius 3 is 2.85 bits per heavy atom. The lowest BCUT2D eigenvalue weighted by atomic mass is 9.88. The topological polar surface area (TPSA) is 88.0 Å². The molecular formula is C20H19ClFN3O2. The number of benzene rings is 1. The van der Waals surface area contributed by atoms with E-state index in [-0.39, 0.29) is 17.5 Å². The molecule has 2 amide bonds. The van der Waals surface area contributed by atoms with E-state index in [1.54, 1.807) is 13.8 Å². The predicted molar refractivity (Wildman–Crippen MR) is 104 cm³/mol. The average molecular weight is 388 g/mol. The summed E-state index contributed by atoms with van der Waals surface area (Å²) < 4.78 is 15.0. The summed E-state index contributed by atoms with van der Waals surface area (Å²) in [6.07, 6.45) is 3.98. The van der Waals surface area contributed by atoms with Crippen LogP contribution in [-0.2, 0) is 4.79 Å². The van der Waals surface area contributed by atoms with Gasteiger partial charge >= 0.3 is 0 Å². The summed E-state index contributed by atoms with van der Waals surface area (Å²) in [7, 11) is 0. The molecule has 5 nitrogen and oxygen atoms in total. The molecule has 0 aliphatic heterocycles. The van der Waals surface area contributed by atoms with E-state index >= 15 is 0 Å². The van der Waals surface area contributed by atoms with Crippen molar-refractivity contribution in [3.05, 3.63) is 39.8 Å². The smallest absolute Gasteiger partial charge is 0.296 e. The van der Waals surface area contributed by atoms with Gasteiger partial charge < -0.3 is 16.0 Å². The molecule has 1 unspecified atom stereocenters. The maximum Gasteiger partial charge on any atom is 0.296 e. The SMILES string of the molecule is CC#CC(=O)NC1C=C(c2c(F)cc(C(N)=O)c3[nH]c(C)c(Cl)c23)CCC1. The molecule has 3 rings (SSSR count). The number of allylic oxidation sites excluding steroid dienone is 1. The van der Waals surface area contributed by atoms with Crippen LogP contribution in [0.25, 0.3) is 16.5 Å². The van der Waals surface area contributed by atoms with Gasteiger partial charge in [0.05, 0.1) is 16.1 Å². The van der Waals surface area contributed by atoms with Crippen molar-refractivity contribution < 1.29 is 14.0 Å². The Balaban J connectivity index is 2.16. The van der Waals surface area contributed by atoms with Gasteiger partial charge in [0.15, 0.2) is 0 Å². The number of halogens is 2. The van der Waals surface area contributed by atoms with Crippen molar-refractivity contribution in [1.82, 2.24) is 10.3 Å². The number of H-pyrrole nitrogens is 1. The molecule has 27 heavy (non-hydrogen) atoms. The normalized spacial score (nSPS) is 16.4. The third-order valence-corrected chi connectivity index (χ3v) is 5.12. The second kappa shape index (κ2) is 7.45. The number of nitrogens with two attached hydrogens (primary N) is 1. The number of carbonyl (C=O) groups excluding carboxylic acids is 2. The van der Waals surface area contributed by atoms with Crippen LogP contribution in [0.2, 0.25) is 5.02 Å². The molecular weight excluding hydrogens is 369 g/mol. The van der Waals surface area contributed by atoms with Crippen LogP contribution in [0.3, 0.4) is 0 Å². The zero-order valence-electron chi connectivity index (χ0n) is 15.0. The molecule has 0 bridgehead atoms. The zero-order valence-corrected chi connectivity index (χ0v) is 15.8. The predicted octanol–water partition coefficient (Wildman–Crippen LogP) is 3.44. The van der Waals surface area contributed by atoms with Crippen molar-refractivity contribution in [2.45, 2.75) is 39.2 Å². The van der Waals surface area contributed by atoms with Gasteiger partial charge in [-0.15, -0.1) is 0 Å². The first kappa shape index (κ1) is 19.0. The number of hydrogen-bond acceptors (Lipinski definition) is 2. The standard InChI is InChI=1S/C20H19ClFN3O2/c1-3-5-15(26)25-12-7-4-6-11(8-12)16-14(22)9-13(20(23)27)19-17(16)18(21)10(2)24-19/h8-9,12,24H,4,6-7H2,1-2H3,(H2,23,27)(H,25,26). The number of rotatable bonds is 3. The highest BCUT2D eigenvalue weighted by Gasteiger charge is 2.25. The lowest BCUT2D eigenvalue weighted by Gasteiger charge is -2.22. The zero-order chi connectivity index (χ0) is 19.7. The van der Waals surface area contributed by atoms with Crippen molar-refractivity contribution in [3.8, 4) is 11.8 Å². The summed E-state index contributed by atoms with van der Waals surface area (Å²) in [4.78, 5) is 26.5. The van der Waals surface area contributed by atoms with E-state index in [2.05, 4.69) is 22.1 Å². The number of primary amides is 1. The first-order valence-electron chi connectivity index (χ1n) is 8.57. The minimum absolute atomic E-state index is 0.0562. The Labute approximate surface area is 161 Å². The highest BCUT2D eigenvalue weighted by Crippen LogP contribution is 2.40. The highest BCUT2D eigenvalue weighted by atomic mass is 35.5. The van der Waals surface area contributed by atoms with Gasteiger partial charge in [-0.2, -0.15) is 0 Å². The number of aromatic nitrogens is 1. The average Bonchev–Trinajstić information content (AvgIpc) is 2.90. The first-order chi connectivity index (χ1) is 12.8. The first-order valence-corrected chi connectivity index (χ1v) is 8.95. The Bertz CT molecular complexity index is 1040. The summed E-state index contributed by atoms with van der Waals surface area (Å²) in [5.74, 6) is 3.32. The summed E-state index contributed by atoms with van der Waals surface area (Å²) in [6.45, 7) is 3.33. The molecule has 2 aromatic rings. The molecule has 0 saturated carbocycles. The van der Waals surface area contributed by atoms with Crippen molar-refractivity contribution in [2.24, 2.45) is 5.73 Å². The molecule has 0 radical (unpaired) electrons. The minimum atomic E-state index is -0.732. The molecule has 1 aliphatic carbocycles. The number of aromatic amines is 1. The van der Waals surface area contributed by atoms with Crippen LogP contribution < -0.4 is 11.1 Å². The molecule has 140 valence electrons. The monoisotopic (exact) mass is 387 g/mol. The van der Waals surface area contributed by atoms with Crippen LogP contribution in [0.15, 0.2) is 12.1 Å². The van der Waals surface area contributed by atoms with Crippen LogP contribution in [-0.4, -0.2) is 22.8 Å². The van der Waals surface area contributed by atoms with E-state index in [0.29, 0.717) is 33.6 Å². The summed E-state index contributed by atoms with van der Waals surface area (Å²) in [6, 6.07) is 0.892. The maximum atomic E-state index is 15.0. The summed E-state index contributed by atoms with van der Waals surface area (Å²) in [5.41, 5.74) is 7.57. The maximum absolute atomic E-state index is 15.0. The van der Waals surface area contributed by atoms with E-state index in [1.165, 1.54) is 0 Å². The molecule has 1 aromatic carbocycles. The quantitative estimate of drug-likeness (QED) is 0.704. The van der Waals surface area contributed by atoms with Crippen molar-refractivity contribution in [3.63, 3.8) is 0 Å². The van der Waals surface area contributed by atoms with Gasteiger partial charge in [-0.1, -0.05) is 23.6 Å². The summed E-state index contributed by atoms with van der Waals surface area (Å²) >= 11 is 6.41. The fourth-order valence-corrected chi connectivity index (χ4v) is 3.74. The lowest BCUT2D eigenvalue weighted by Crippen LogP contribution is -2.33. The summed E-state index contributed by atoms with van der Waals surface area (Å²) in [5, 5.41) is 3.60. The minimum Gasteiger partial charge on any atom is -0.366 e. The Morgan fingerprint density at radius 2 is 2.19 bits per heavy atom. The third kappa shape index (κ3) is 3.56.